The van der Waals surface area contributed by atoms with Crippen molar-refractivity contribution in [2.24, 2.45) is 0 Å². The molecule has 4 rings (SSSR count). The van der Waals surface area contributed by atoms with Gasteiger partial charge in [0, 0.05) is 49.0 Å². The van der Waals surface area contributed by atoms with Crippen LogP contribution >= 0.6 is 11.6 Å². The number of aromatic nitrogens is 1. The molecule has 7 heteroatoms. The predicted octanol–water partition coefficient (Wildman–Crippen LogP) is 4.53. The lowest BCUT2D eigenvalue weighted by atomic mass is 10.0. The van der Waals surface area contributed by atoms with Crippen molar-refractivity contribution in [3.05, 3.63) is 71.4 Å². The molecule has 154 valence electrons. The van der Waals surface area contributed by atoms with Gasteiger partial charge in [-0.1, -0.05) is 17.7 Å². The lowest BCUT2D eigenvalue weighted by Crippen LogP contribution is -2.36. The van der Waals surface area contributed by atoms with Gasteiger partial charge in [-0.2, -0.15) is 0 Å². The first-order chi connectivity index (χ1) is 14.7. The van der Waals surface area contributed by atoms with Crippen LogP contribution in [0.2, 0.25) is 5.02 Å². The Hall–Kier alpha value is -3.09. The molecule has 0 saturated carbocycles. The molecule has 0 unspecified atom stereocenters. The summed E-state index contributed by atoms with van der Waals surface area (Å²) in [6.45, 7) is 3.24. The van der Waals surface area contributed by atoms with Crippen LogP contribution in [-0.4, -0.2) is 44.2 Å². The van der Waals surface area contributed by atoms with E-state index in [9.17, 15) is 4.79 Å². The zero-order valence-electron chi connectivity index (χ0n) is 16.7. The Morgan fingerprint density at radius 1 is 1.10 bits per heavy atom. The van der Waals surface area contributed by atoms with Crippen molar-refractivity contribution in [1.29, 1.82) is 0 Å². The van der Waals surface area contributed by atoms with Gasteiger partial charge in [0.1, 0.15) is 0 Å². The smallest absolute Gasteiger partial charge is 0.257 e. The van der Waals surface area contributed by atoms with Crippen LogP contribution in [0.3, 0.4) is 0 Å². The molecular formula is C23H23ClN4O2. The molecule has 0 spiro atoms. The van der Waals surface area contributed by atoms with Gasteiger partial charge >= 0.3 is 0 Å². The normalized spacial score (nSPS) is 13.7. The van der Waals surface area contributed by atoms with Crippen LogP contribution in [0.25, 0.3) is 11.3 Å². The van der Waals surface area contributed by atoms with E-state index in [0.29, 0.717) is 22.0 Å². The van der Waals surface area contributed by atoms with Gasteiger partial charge in [0.2, 0.25) is 0 Å². The number of carbonyl (C=O) groups is 1. The molecular weight excluding hydrogens is 400 g/mol. The predicted molar refractivity (Wildman–Crippen MR) is 122 cm³/mol. The summed E-state index contributed by atoms with van der Waals surface area (Å²) in [4.78, 5) is 19.5. The second-order valence-corrected chi connectivity index (χ2v) is 7.35. The van der Waals surface area contributed by atoms with Crippen molar-refractivity contribution in [2.45, 2.75) is 0 Å². The number of halogens is 1. The Morgan fingerprint density at radius 2 is 1.87 bits per heavy atom. The maximum atomic E-state index is 12.9. The summed E-state index contributed by atoms with van der Waals surface area (Å²) >= 11 is 6.26. The number of amides is 1. The van der Waals surface area contributed by atoms with Crippen molar-refractivity contribution in [1.82, 2.24) is 4.98 Å². The minimum atomic E-state index is -0.183. The van der Waals surface area contributed by atoms with Crippen molar-refractivity contribution < 1.29 is 9.53 Å². The third-order valence-corrected chi connectivity index (χ3v) is 5.37. The van der Waals surface area contributed by atoms with Crippen LogP contribution in [-0.2, 0) is 4.74 Å². The van der Waals surface area contributed by atoms with E-state index in [1.165, 1.54) is 0 Å². The molecule has 1 aromatic heterocycles. The van der Waals surface area contributed by atoms with E-state index in [1.54, 1.807) is 31.4 Å². The Balaban J connectivity index is 1.51. The second-order valence-electron chi connectivity index (χ2n) is 6.94. The summed E-state index contributed by atoms with van der Waals surface area (Å²) in [6.07, 6.45) is 1.70. The standard InChI is InChI=1S/C23H23ClN4O2/c1-25-21-15-16(22-20(24)3-2-10-26-22)4-9-19(21)23(29)27-17-5-7-18(8-6-17)28-11-13-30-14-12-28/h2-10,15,25H,11-14H2,1H3,(H,27,29). The molecule has 1 aliphatic rings. The zero-order valence-corrected chi connectivity index (χ0v) is 17.4. The van der Waals surface area contributed by atoms with E-state index >= 15 is 0 Å². The van der Waals surface area contributed by atoms with Crippen molar-refractivity contribution in [3.8, 4) is 11.3 Å². The molecule has 1 fully saturated rings. The van der Waals surface area contributed by atoms with Crippen LogP contribution in [0, 0.1) is 0 Å². The van der Waals surface area contributed by atoms with Crippen LogP contribution in [0.5, 0.6) is 0 Å². The first-order valence-corrected chi connectivity index (χ1v) is 10.2. The minimum Gasteiger partial charge on any atom is -0.387 e. The fourth-order valence-corrected chi connectivity index (χ4v) is 3.70. The molecule has 0 radical (unpaired) electrons. The number of rotatable bonds is 5. The molecule has 2 aromatic carbocycles. The summed E-state index contributed by atoms with van der Waals surface area (Å²) < 4.78 is 5.40. The van der Waals surface area contributed by atoms with Gasteiger partial charge < -0.3 is 20.3 Å². The Morgan fingerprint density at radius 3 is 2.57 bits per heavy atom. The van der Waals surface area contributed by atoms with Gasteiger partial charge in [-0.15, -0.1) is 0 Å². The van der Waals surface area contributed by atoms with E-state index < -0.39 is 0 Å². The first-order valence-electron chi connectivity index (χ1n) is 9.82. The van der Waals surface area contributed by atoms with E-state index in [4.69, 9.17) is 16.3 Å². The maximum absolute atomic E-state index is 12.9. The highest BCUT2D eigenvalue weighted by Crippen LogP contribution is 2.29. The summed E-state index contributed by atoms with van der Waals surface area (Å²) in [7, 11) is 1.78. The van der Waals surface area contributed by atoms with Gasteiger partial charge in [-0.3, -0.25) is 9.78 Å². The lowest BCUT2D eigenvalue weighted by Gasteiger charge is -2.28. The zero-order chi connectivity index (χ0) is 20.9. The van der Waals surface area contributed by atoms with E-state index in [2.05, 4.69) is 20.5 Å². The fraction of sp³-hybridized carbons (Fsp3) is 0.217. The van der Waals surface area contributed by atoms with Crippen LogP contribution in [0.4, 0.5) is 17.1 Å². The highest BCUT2D eigenvalue weighted by molar-refractivity contribution is 6.33. The van der Waals surface area contributed by atoms with Gasteiger partial charge in [0.15, 0.2) is 0 Å². The summed E-state index contributed by atoms with van der Waals surface area (Å²) in [5.41, 5.74) is 4.65. The number of anilines is 3. The minimum absolute atomic E-state index is 0.183. The quantitative estimate of drug-likeness (QED) is 0.632. The molecule has 30 heavy (non-hydrogen) atoms. The summed E-state index contributed by atoms with van der Waals surface area (Å²) in [6, 6.07) is 17.0. The van der Waals surface area contributed by atoms with Gasteiger partial charge in [-0.25, -0.2) is 0 Å². The first kappa shape index (κ1) is 20.2. The van der Waals surface area contributed by atoms with Crippen LogP contribution in [0.15, 0.2) is 60.8 Å². The maximum Gasteiger partial charge on any atom is 0.257 e. The van der Waals surface area contributed by atoms with Crippen LogP contribution in [0.1, 0.15) is 10.4 Å². The molecule has 6 nitrogen and oxygen atoms in total. The molecule has 1 aliphatic heterocycles. The molecule has 2 heterocycles. The number of ether oxygens (including phenoxy) is 1. The number of pyridine rings is 1. The highest BCUT2D eigenvalue weighted by Gasteiger charge is 2.15. The number of nitrogens with one attached hydrogen (secondary N) is 2. The Labute approximate surface area is 180 Å². The number of hydrogen-bond acceptors (Lipinski definition) is 5. The topological polar surface area (TPSA) is 66.5 Å². The Kier molecular flexibility index (Phi) is 6.16. The number of hydrogen-bond donors (Lipinski definition) is 2. The second kappa shape index (κ2) is 9.15. The molecule has 3 aromatic rings. The van der Waals surface area contributed by atoms with E-state index in [0.717, 1.165) is 43.2 Å². The van der Waals surface area contributed by atoms with Crippen molar-refractivity contribution >= 4 is 34.6 Å². The van der Waals surface area contributed by atoms with Gasteiger partial charge in [0.25, 0.3) is 5.91 Å². The van der Waals surface area contributed by atoms with Gasteiger partial charge in [-0.05, 0) is 48.5 Å². The number of morpholine rings is 1. The molecule has 0 bridgehead atoms. The average molecular weight is 423 g/mol. The molecule has 1 amide bonds. The number of carbonyl (C=O) groups excluding carboxylic acids is 1. The SMILES string of the molecule is CNc1cc(-c2ncccc2Cl)ccc1C(=O)Nc1ccc(N2CCOCC2)cc1. The molecule has 0 aliphatic carbocycles. The van der Waals surface area contributed by atoms with Crippen LogP contribution < -0.4 is 15.5 Å². The third kappa shape index (κ3) is 4.40. The van der Waals surface area contributed by atoms with Crippen molar-refractivity contribution in [2.75, 3.05) is 48.9 Å². The summed E-state index contributed by atoms with van der Waals surface area (Å²) in [5, 5.41) is 6.63. The summed E-state index contributed by atoms with van der Waals surface area (Å²) in [5.74, 6) is -0.183. The molecule has 2 N–H and O–H groups in total. The lowest BCUT2D eigenvalue weighted by molar-refractivity contribution is 0.102. The van der Waals surface area contributed by atoms with Crippen molar-refractivity contribution in [3.63, 3.8) is 0 Å². The highest BCUT2D eigenvalue weighted by atomic mass is 35.5. The molecule has 1 saturated heterocycles. The molecule has 0 atom stereocenters. The Bertz CT molecular complexity index is 1030. The van der Waals surface area contributed by atoms with E-state index in [-0.39, 0.29) is 5.91 Å². The average Bonchev–Trinajstić information content (AvgIpc) is 2.80. The van der Waals surface area contributed by atoms with Gasteiger partial charge in [0.05, 0.1) is 29.5 Å². The monoisotopic (exact) mass is 422 g/mol. The third-order valence-electron chi connectivity index (χ3n) is 5.07. The number of nitrogens with zero attached hydrogens (tertiary/aromatic N) is 2. The fourth-order valence-electron chi connectivity index (χ4n) is 3.47. The van der Waals surface area contributed by atoms with E-state index in [1.807, 2.05) is 36.4 Å². The largest absolute Gasteiger partial charge is 0.387 e. The number of benzene rings is 2.